The van der Waals surface area contributed by atoms with E-state index in [0.29, 0.717) is 0 Å². The number of pyridine rings is 1. The molecule has 0 saturated carbocycles. The Labute approximate surface area is 117 Å². The zero-order chi connectivity index (χ0) is 16.0. The Hall–Kier alpha value is -1.15. The first-order valence-corrected chi connectivity index (χ1v) is 7.40. The average molecular weight is 313 g/mol. The van der Waals surface area contributed by atoms with Crippen LogP contribution in [0.2, 0.25) is 0 Å². The summed E-state index contributed by atoms with van der Waals surface area (Å²) in [7, 11) is -5.87. The van der Waals surface area contributed by atoms with E-state index in [1.165, 1.54) is 5.56 Å². The number of nitrogens with zero attached hydrogens (tertiary/aromatic N) is 1. The van der Waals surface area contributed by atoms with E-state index in [1.807, 2.05) is 0 Å². The van der Waals surface area contributed by atoms with Crippen molar-refractivity contribution in [2.45, 2.75) is 45.2 Å². The van der Waals surface area contributed by atoms with Crippen molar-refractivity contribution in [3.8, 4) is 0 Å². The van der Waals surface area contributed by atoms with E-state index in [2.05, 4.69) is 42.9 Å². The molecule has 1 aromatic heterocycles. The van der Waals surface area contributed by atoms with Gasteiger partial charge in [-0.3, -0.25) is 0 Å². The van der Waals surface area contributed by atoms with Gasteiger partial charge in [0, 0.05) is 11.6 Å². The van der Waals surface area contributed by atoms with Crippen LogP contribution in [0.5, 0.6) is 0 Å². The highest BCUT2D eigenvalue weighted by molar-refractivity contribution is 7.86. The molecule has 0 spiro atoms. The van der Waals surface area contributed by atoms with Gasteiger partial charge < -0.3 is 4.55 Å². The second kappa shape index (κ2) is 7.58. The van der Waals surface area contributed by atoms with Crippen LogP contribution in [0.15, 0.2) is 24.5 Å². The van der Waals surface area contributed by atoms with E-state index in [1.54, 1.807) is 0 Å². The van der Waals surface area contributed by atoms with E-state index < -0.39 is 28.0 Å². The first kappa shape index (κ1) is 18.9. The third kappa shape index (κ3) is 5.46. The van der Waals surface area contributed by atoms with Crippen molar-refractivity contribution in [2.24, 2.45) is 0 Å². The molecular formula is C12H18F3NO3S. The van der Waals surface area contributed by atoms with Crippen molar-refractivity contribution in [3.63, 3.8) is 0 Å². The summed E-state index contributed by atoms with van der Waals surface area (Å²) in [5.74, 6) is 0. The Morgan fingerprint density at radius 3 is 2.20 bits per heavy atom. The number of hydrogen-bond donors (Lipinski definition) is 0. The van der Waals surface area contributed by atoms with Crippen LogP contribution in [0.3, 0.4) is 0 Å². The first-order chi connectivity index (χ1) is 9.06. The zero-order valence-corrected chi connectivity index (χ0v) is 12.3. The van der Waals surface area contributed by atoms with Gasteiger partial charge in [-0.2, -0.15) is 8.78 Å². The number of halogens is 3. The third-order valence-electron chi connectivity index (χ3n) is 2.43. The van der Waals surface area contributed by atoms with Gasteiger partial charge in [0.1, 0.15) is 6.54 Å². The topological polar surface area (TPSA) is 61.1 Å². The Morgan fingerprint density at radius 1 is 1.40 bits per heavy atom. The number of aryl methyl sites for hydroxylation is 2. The molecule has 0 amide bonds. The predicted octanol–water partition coefficient (Wildman–Crippen LogP) is 2.17. The zero-order valence-electron chi connectivity index (χ0n) is 11.5. The molecule has 0 bridgehead atoms. The lowest BCUT2D eigenvalue weighted by Gasteiger charge is -2.22. The molecular weight excluding hydrogens is 295 g/mol. The molecule has 116 valence electrons. The fraction of sp³-hybridized carbons (Fsp3) is 0.583. The minimum Gasteiger partial charge on any atom is -0.743 e. The molecule has 4 nitrogen and oxygen atoms in total. The molecule has 1 unspecified atom stereocenters. The fourth-order valence-electron chi connectivity index (χ4n) is 1.24. The molecule has 0 aliphatic rings. The van der Waals surface area contributed by atoms with Crippen molar-refractivity contribution in [3.05, 3.63) is 30.1 Å². The molecule has 0 N–H and O–H groups in total. The highest BCUT2D eigenvalue weighted by Gasteiger charge is 2.46. The molecule has 0 aromatic carbocycles. The van der Waals surface area contributed by atoms with Gasteiger partial charge in [-0.25, -0.2) is 17.4 Å². The summed E-state index contributed by atoms with van der Waals surface area (Å²) in [6, 6.07) is 4.17. The molecule has 1 aromatic rings. The summed E-state index contributed by atoms with van der Waals surface area (Å²) in [5.41, 5.74) is 1.32. The van der Waals surface area contributed by atoms with E-state index >= 15 is 0 Å². The standard InChI is InChI=1S/C8H12N.C4H7F3O3S/c1-3-9-6-4-5-8(2)7-9;1-2-3(5)4(6,7)11(8,9)10/h4-7H,3H2,1-2H3;3H,2H2,1H3,(H,8,9,10)/q+1;/p-1. The van der Waals surface area contributed by atoms with Crippen LogP contribution in [0.1, 0.15) is 25.8 Å². The van der Waals surface area contributed by atoms with Gasteiger partial charge >= 0.3 is 5.25 Å². The van der Waals surface area contributed by atoms with Gasteiger partial charge in [0.15, 0.2) is 28.7 Å². The molecule has 1 rings (SSSR count). The van der Waals surface area contributed by atoms with Gasteiger partial charge in [0.05, 0.1) is 0 Å². The number of rotatable bonds is 4. The van der Waals surface area contributed by atoms with Crippen molar-refractivity contribution in [2.75, 3.05) is 0 Å². The third-order valence-corrected chi connectivity index (χ3v) is 3.35. The minimum atomic E-state index is -5.87. The van der Waals surface area contributed by atoms with Crippen LogP contribution < -0.4 is 4.57 Å². The SMILES string of the molecule is CCC(F)C(F)(F)S(=O)(=O)[O-].CC[n+]1cccc(C)c1. The van der Waals surface area contributed by atoms with Crippen molar-refractivity contribution >= 4 is 10.1 Å². The maximum Gasteiger partial charge on any atom is 0.364 e. The molecule has 1 atom stereocenters. The van der Waals surface area contributed by atoms with Crippen LogP contribution in [-0.4, -0.2) is 24.4 Å². The molecule has 0 fully saturated rings. The van der Waals surface area contributed by atoms with Crippen molar-refractivity contribution in [1.29, 1.82) is 0 Å². The average Bonchev–Trinajstić information content (AvgIpc) is 2.37. The van der Waals surface area contributed by atoms with E-state index in [-0.39, 0.29) is 0 Å². The molecule has 0 aliphatic heterocycles. The summed E-state index contributed by atoms with van der Waals surface area (Å²) in [5, 5.41) is -4.80. The van der Waals surface area contributed by atoms with Crippen LogP contribution in [0.4, 0.5) is 13.2 Å². The van der Waals surface area contributed by atoms with Crippen molar-refractivity contribution in [1.82, 2.24) is 0 Å². The normalized spacial score (nSPS) is 13.3. The molecule has 20 heavy (non-hydrogen) atoms. The summed E-state index contributed by atoms with van der Waals surface area (Å²) in [6.07, 6.45) is 0.576. The highest BCUT2D eigenvalue weighted by Crippen LogP contribution is 2.28. The summed E-state index contributed by atoms with van der Waals surface area (Å²) in [6.45, 7) is 6.32. The van der Waals surface area contributed by atoms with E-state index in [0.717, 1.165) is 13.5 Å². The number of aromatic nitrogens is 1. The van der Waals surface area contributed by atoms with Crippen LogP contribution >= 0.6 is 0 Å². The molecule has 8 heteroatoms. The van der Waals surface area contributed by atoms with Gasteiger partial charge in [-0.15, -0.1) is 0 Å². The van der Waals surface area contributed by atoms with Crippen LogP contribution in [-0.2, 0) is 16.7 Å². The lowest BCUT2D eigenvalue weighted by Crippen LogP contribution is -2.38. The summed E-state index contributed by atoms with van der Waals surface area (Å²) in [4.78, 5) is 0. The maximum atomic E-state index is 12.1. The molecule has 1 heterocycles. The largest absolute Gasteiger partial charge is 0.743 e. The molecule has 0 saturated heterocycles. The monoisotopic (exact) mass is 313 g/mol. The van der Waals surface area contributed by atoms with E-state index in [9.17, 15) is 26.1 Å². The lowest BCUT2D eigenvalue weighted by molar-refractivity contribution is -0.693. The Balaban J connectivity index is 0.000000367. The van der Waals surface area contributed by atoms with Crippen LogP contribution in [0.25, 0.3) is 0 Å². The van der Waals surface area contributed by atoms with Gasteiger partial charge in [0.25, 0.3) is 0 Å². The van der Waals surface area contributed by atoms with Gasteiger partial charge in [0.2, 0.25) is 0 Å². The second-order valence-corrected chi connectivity index (χ2v) is 5.56. The van der Waals surface area contributed by atoms with Gasteiger partial charge in [-0.1, -0.05) is 6.92 Å². The molecule has 0 aliphatic carbocycles. The van der Waals surface area contributed by atoms with E-state index in [4.69, 9.17) is 0 Å². The molecule has 0 radical (unpaired) electrons. The summed E-state index contributed by atoms with van der Waals surface area (Å²) >= 11 is 0. The lowest BCUT2D eigenvalue weighted by atomic mass is 10.3. The fourth-order valence-corrected chi connectivity index (χ4v) is 1.72. The number of alkyl halides is 3. The number of hydrogen-bond acceptors (Lipinski definition) is 3. The van der Waals surface area contributed by atoms with Gasteiger partial charge in [-0.05, 0) is 26.3 Å². The minimum absolute atomic E-state index is 0.714. The quantitative estimate of drug-likeness (QED) is 0.632. The Bertz CT molecular complexity index is 520. The Morgan fingerprint density at radius 2 is 1.95 bits per heavy atom. The first-order valence-electron chi connectivity index (χ1n) is 5.99. The predicted molar refractivity (Wildman–Crippen MR) is 66.9 cm³/mol. The maximum absolute atomic E-state index is 12.1. The smallest absolute Gasteiger partial charge is 0.364 e. The second-order valence-electron chi connectivity index (χ2n) is 4.10. The van der Waals surface area contributed by atoms with Crippen LogP contribution in [0, 0.1) is 6.92 Å². The summed E-state index contributed by atoms with van der Waals surface area (Å²) < 4.78 is 67.5. The Kier molecular flexibility index (Phi) is 7.15. The highest BCUT2D eigenvalue weighted by atomic mass is 32.2. The van der Waals surface area contributed by atoms with Crippen molar-refractivity contribution < 1.29 is 30.7 Å².